The van der Waals surface area contributed by atoms with E-state index >= 15 is 0 Å². The molecule has 4 nitrogen and oxygen atoms in total. The Morgan fingerprint density at radius 1 is 1.35 bits per heavy atom. The summed E-state index contributed by atoms with van der Waals surface area (Å²) in [6.07, 6.45) is 0.306. The minimum atomic E-state index is -1.07. The molecule has 0 radical (unpaired) electrons. The Kier molecular flexibility index (Phi) is 3.33. The topological polar surface area (TPSA) is 63.6 Å². The number of ether oxygens (including phenoxy) is 1. The molecule has 2 fully saturated rings. The van der Waals surface area contributed by atoms with E-state index in [4.69, 9.17) is 4.74 Å². The average Bonchev–Trinajstić information content (AvgIpc) is 2.37. The van der Waals surface area contributed by atoms with Gasteiger partial charge in [0.05, 0.1) is 6.10 Å². The van der Waals surface area contributed by atoms with E-state index in [9.17, 15) is 14.7 Å². The molecule has 4 heteroatoms. The quantitative estimate of drug-likeness (QED) is 0.592. The van der Waals surface area contributed by atoms with E-state index in [1.54, 1.807) is 0 Å². The van der Waals surface area contributed by atoms with Gasteiger partial charge in [0.1, 0.15) is 11.0 Å². The maximum absolute atomic E-state index is 12.8. The molecule has 0 amide bonds. The van der Waals surface area contributed by atoms with Crippen molar-refractivity contribution in [1.82, 2.24) is 0 Å². The van der Waals surface area contributed by atoms with E-state index in [0.717, 1.165) is 0 Å². The first kappa shape index (κ1) is 15.5. The molecule has 0 spiro atoms. The first-order chi connectivity index (χ1) is 8.92. The van der Waals surface area contributed by atoms with Crippen molar-refractivity contribution >= 4 is 11.8 Å². The highest BCUT2D eigenvalue weighted by Crippen LogP contribution is 2.60. The van der Waals surface area contributed by atoms with Crippen LogP contribution in [-0.4, -0.2) is 28.6 Å². The van der Waals surface area contributed by atoms with E-state index in [1.165, 1.54) is 0 Å². The molecule has 4 atom stereocenters. The molecule has 2 saturated carbocycles. The Labute approximate surface area is 120 Å². The standard InChI is InChI=1S/C16H26O4/c1-9-7-10(17)11-12(18)16(9,8-15(11,5)6)13(19)20-14(2,3)4/h9-11,17H,7-8H2,1-6H3/t9?,10?,11?,16-/m1/s1. The van der Waals surface area contributed by atoms with Gasteiger partial charge in [-0.1, -0.05) is 20.8 Å². The van der Waals surface area contributed by atoms with Gasteiger partial charge in [0, 0.05) is 5.92 Å². The van der Waals surface area contributed by atoms with Crippen molar-refractivity contribution in [2.75, 3.05) is 0 Å². The summed E-state index contributed by atoms with van der Waals surface area (Å²) in [5.41, 5.74) is -2.04. The summed E-state index contributed by atoms with van der Waals surface area (Å²) in [7, 11) is 0. The number of carbonyl (C=O) groups is 2. The van der Waals surface area contributed by atoms with E-state index in [-0.39, 0.29) is 17.1 Å². The van der Waals surface area contributed by atoms with Gasteiger partial charge in [-0.3, -0.25) is 9.59 Å². The number of ketones is 1. The molecule has 0 aromatic heterocycles. The highest BCUT2D eigenvalue weighted by atomic mass is 16.6. The Hall–Kier alpha value is -0.900. The molecule has 114 valence electrons. The summed E-state index contributed by atoms with van der Waals surface area (Å²) in [4.78, 5) is 25.5. The highest BCUT2D eigenvalue weighted by molar-refractivity contribution is 6.08. The second-order valence-corrected chi connectivity index (χ2v) is 8.18. The van der Waals surface area contributed by atoms with Crippen molar-refractivity contribution < 1.29 is 19.4 Å². The maximum atomic E-state index is 12.8. The number of esters is 1. The minimum Gasteiger partial charge on any atom is -0.459 e. The van der Waals surface area contributed by atoms with Crippen molar-refractivity contribution in [2.45, 2.75) is 66.1 Å². The van der Waals surface area contributed by atoms with E-state index < -0.39 is 29.0 Å². The fourth-order valence-corrected chi connectivity index (χ4v) is 4.10. The number of fused-ring (bicyclic) bond motifs is 2. The van der Waals surface area contributed by atoms with Crippen LogP contribution in [0.15, 0.2) is 0 Å². The SMILES string of the molecule is CC1CC(O)C2C(=O)[C@@]1(C(=O)OC(C)(C)C)CC2(C)C. The van der Waals surface area contributed by atoms with Crippen LogP contribution in [0.2, 0.25) is 0 Å². The summed E-state index contributed by atoms with van der Waals surface area (Å²) in [5, 5.41) is 10.2. The number of hydrogen-bond acceptors (Lipinski definition) is 4. The van der Waals surface area contributed by atoms with Crippen LogP contribution in [0.1, 0.15) is 54.4 Å². The number of carbonyl (C=O) groups excluding carboxylic acids is 2. The lowest BCUT2D eigenvalue weighted by atomic mass is 9.66. The highest BCUT2D eigenvalue weighted by Gasteiger charge is 2.68. The van der Waals surface area contributed by atoms with Gasteiger partial charge in [-0.25, -0.2) is 0 Å². The summed E-state index contributed by atoms with van der Waals surface area (Å²) in [5.74, 6) is -1.17. The second kappa shape index (κ2) is 4.30. The third-order valence-electron chi connectivity index (χ3n) is 4.88. The lowest BCUT2D eigenvalue weighted by Gasteiger charge is -2.39. The fourth-order valence-electron chi connectivity index (χ4n) is 4.10. The fraction of sp³-hybridized carbons (Fsp3) is 0.875. The molecule has 0 aromatic rings. The molecule has 0 aliphatic heterocycles. The van der Waals surface area contributed by atoms with E-state index in [0.29, 0.717) is 12.8 Å². The predicted molar refractivity (Wildman–Crippen MR) is 75.0 cm³/mol. The molecule has 0 heterocycles. The third-order valence-corrected chi connectivity index (χ3v) is 4.88. The zero-order valence-electron chi connectivity index (χ0n) is 13.3. The number of Topliss-reactive ketones (excluding diaryl/α,β-unsaturated/α-hetero) is 1. The summed E-state index contributed by atoms with van der Waals surface area (Å²) in [6, 6.07) is 0. The van der Waals surface area contributed by atoms with Crippen LogP contribution in [0.3, 0.4) is 0 Å². The van der Waals surface area contributed by atoms with E-state index in [1.807, 2.05) is 41.5 Å². The number of hydrogen-bond donors (Lipinski definition) is 1. The van der Waals surface area contributed by atoms with Crippen molar-refractivity contribution in [3.63, 3.8) is 0 Å². The van der Waals surface area contributed by atoms with Gasteiger partial charge in [0.2, 0.25) is 0 Å². The molecule has 0 aromatic carbocycles. The number of rotatable bonds is 1. The molecular weight excluding hydrogens is 256 g/mol. The third kappa shape index (κ3) is 2.09. The summed E-state index contributed by atoms with van der Waals surface area (Å²) >= 11 is 0. The van der Waals surface area contributed by atoms with Crippen LogP contribution < -0.4 is 0 Å². The number of aliphatic hydroxyl groups excluding tert-OH is 1. The zero-order chi connectivity index (χ0) is 15.5. The molecule has 1 N–H and O–H groups in total. The Morgan fingerprint density at radius 2 is 1.90 bits per heavy atom. The van der Waals surface area contributed by atoms with Crippen molar-refractivity contribution in [2.24, 2.45) is 22.7 Å². The van der Waals surface area contributed by atoms with E-state index in [2.05, 4.69) is 0 Å². The largest absolute Gasteiger partial charge is 0.459 e. The second-order valence-electron chi connectivity index (χ2n) is 8.18. The molecule has 3 unspecified atom stereocenters. The van der Waals surface area contributed by atoms with Crippen molar-refractivity contribution in [3.8, 4) is 0 Å². The Balaban J connectivity index is 2.43. The summed E-state index contributed by atoms with van der Waals surface area (Å²) < 4.78 is 5.53. The predicted octanol–water partition coefficient (Wildman–Crippen LogP) is 2.33. The van der Waals surface area contributed by atoms with Crippen LogP contribution in [0.5, 0.6) is 0 Å². The van der Waals surface area contributed by atoms with Gasteiger partial charge in [-0.05, 0) is 44.9 Å². The monoisotopic (exact) mass is 282 g/mol. The lowest BCUT2D eigenvalue weighted by Crippen LogP contribution is -2.52. The molecule has 20 heavy (non-hydrogen) atoms. The van der Waals surface area contributed by atoms with Crippen LogP contribution in [0.4, 0.5) is 0 Å². The van der Waals surface area contributed by atoms with Gasteiger partial charge in [0.15, 0.2) is 5.78 Å². The van der Waals surface area contributed by atoms with Crippen LogP contribution in [0.25, 0.3) is 0 Å². The van der Waals surface area contributed by atoms with Gasteiger partial charge >= 0.3 is 5.97 Å². The van der Waals surface area contributed by atoms with Gasteiger partial charge in [0.25, 0.3) is 0 Å². The van der Waals surface area contributed by atoms with Crippen molar-refractivity contribution in [1.29, 1.82) is 0 Å². The molecule has 2 rings (SSSR count). The van der Waals surface area contributed by atoms with Gasteiger partial charge < -0.3 is 9.84 Å². The zero-order valence-corrected chi connectivity index (χ0v) is 13.3. The van der Waals surface area contributed by atoms with Crippen LogP contribution >= 0.6 is 0 Å². The first-order valence-electron chi connectivity index (χ1n) is 7.38. The Bertz CT molecular complexity index is 446. The maximum Gasteiger partial charge on any atom is 0.320 e. The smallest absolute Gasteiger partial charge is 0.320 e. The molecule has 2 aliphatic carbocycles. The minimum absolute atomic E-state index is 0.122. The molecule has 2 bridgehead atoms. The normalized spacial score (nSPS) is 39.8. The molecular formula is C16H26O4. The first-order valence-corrected chi connectivity index (χ1v) is 7.38. The lowest BCUT2D eigenvalue weighted by molar-refractivity contribution is -0.176. The Morgan fingerprint density at radius 3 is 2.40 bits per heavy atom. The molecule has 2 aliphatic rings. The van der Waals surface area contributed by atoms with Crippen molar-refractivity contribution in [3.05, 3.63) is 0 Å². The van der Waals surface area contributed by atoms with Crippen LogP contribution in [0, 0.1) is 22.7 Å². The average molecular weight is 282 g/mol. The van der Waals surface area contributed by atoms with Gasteiger partial charge in [-0.2, -0.15) is 0 Å². The number of aliphatic hydroxyl groups is 1. The van der Waals surface area contributed by atoms with Crippen LogP contribution in [-0.2, 0) is 14.3 Å². The summed E-state index contributed by atoms with van der Waals surface area (Å²) in [6.45, 7) is 11.2. The molecule has 0 saturated heterocycles. The van der Waals surface area contributed by atoms with Gasteiger partial charge in [-0.15, -0.1) is 0 Å².